The van der Waals surface area contributed by atoms with Crippen LogP contribution in [-0.4, -0.2) is 66.6 Å². The summed E-state index contributed by atoms with van der Waals surface area (Å²) in [6, 6.07) is 7.44. The maximum Gasteiger partial charge on any atom is 0.294 e. The Balaban J connectivity index is 2.43. The molecule has 1 atom stereocenters. The first-order valence-electron chi connectivity index (χ1n) is 9.29. The van der Waals surface area contributed by atoms with E-state index in [0.29, 0.717) is 12.4 Å². The van der Waals surface area contributed by atoms with Crippen molar-refractivity contribution < 1.29 is 29.3 Å². The Kier molecular flexibility index (Phi) is 10.9. The van der Waals surface area contributed by atoms with Gasteiger partial charge in [0.1, 0.15) is 18.5 Å². The van der Waals surface area contributed by atoms with Crippen molar-refractivity contribution in [3.05, 3.63) is 39.9 Å². The number of hydrogen-bond donors (Lipinski definition) is 1. The van der Waals surface area contributed by atoms with Gasteiger partial charge in [-0.05, 0) is 44.4 Å². The number of rotatable bonds is 14. The number of hydrogen-bond acceptors (Lipinski definition) is 7. The molecule has 158 valence electrons. The van der Waals surface area contributed by atoms with Gasteiger partial charge in [-0.25, -0.2) is 0 Å². The molecule has 1 rings (SSSR count). The number of aliphatic hydroxyl groups is 1. The van der Waals surface area contributed by atoms with E-state index in [0.717, 1.165) is 12.0 Å². The number of aliphatic hydroxyl groups excluding tert-OH is 1. The Labute approximate surface area is 165 Å². The molecule has 0 radical (unpaired) electrons. The predicted octanol–water partition coefficient (Wildman–Crippen LogP) is 1.84. The molecule has 0 saturated heterocycles. The van der Waals surface area contributed by atoms with E-state index in [1.54, 1.807) is 7.11 Å². The van der Waals surface area contributed by atoms with Crippen molar-refractivity contribution in [3.8, 4) is 5.75 Å². The molecule has 1 N–H and O–H groups in total. The number of nitrogens with zero attached hydrogens (tertiary/aromatic N) is 2. The Bertz CT molecular complexity index is 592. The number of ether oxygens (including phenoxy) is 2. The molecule has 0 spiro atoms. The summed E-state index contributed by atoms with van der Waals surface area (Å²) >= 11 is 0. The summed E-state index contributed by atoms with van der Waals surface area (Å²) in [7, 11) is 1.66. The van der Waals surface area contributed by atoms with Gasteiger partial charge in [0.25, 0.3) is 5.09 Å². The number of carbonyl (C=O) groups excluding carboxylic acids is 1. The van der Waals surface area contributed by atoms with Gasteiger partial charge in [0.05, 0.1) is 19.8 Å². The molecule has 9 heteroatoms. The molecule has 1 unspecified atom stereocenters. The van der Waals surface area contributed by atoms with Gasteiger partial charge in [0.2, 0.25) is 5.91 Å². The normalized spacial score (nSPS) is 11.9. The quantitative estimate of drug-likeness (QED) is 0.289. The van der Waals surface area contributed by atoms with E-state index < -0.39 is 11.2 Å². The SMILES string of the molecule is COCCc1ccc(OCC(O)CN(C(=O)CCCO[N+](=O)[O-])C(C)C)cc1. The molecule has 0 heterocycles. The van der Waals surface area contributed by atoms with Crippen LogP contribution in [0.2, 0.25) is 0 Å². The van der Waals surface area contributed by atoms with Gasteiger partial charge >= 0.3 is 0 Å². The first kappa shape index (κ1) is 23.6. The number of amides is 1. The number of carbonyl (C=O) groups is 1. The summed E-state index contributed by atoms with van der Waals surface area (Å²) < 4.78 is 10.6. The molecule has 1 aromatic rings. The van der Waals surface area contributed by atoms with Crippen LogP contribution in [0.4, 0.5) is 0 Å². The van der Waals surface area contributed by atoms with Crippen LogP contribution < -0.4 is 4.74 Å². The highest BCUT2D eigenvalue weighted by molar-refractivity contribution is 5.76. The lowest BCUT2D eigenvalue weighted by molar-refractivity contribution is -0.757. The fraction of sp³-hybridized carbons (Fsp3) is 0.632. The van der Waals surface area contributed by atoms with E-state index in [1.807, 2.05) is 38.1 Å². The highest BCUT2D eigenvalue weighted by atomic mass is 16.9. The van der Waals surface area contributed by atoms with Gasteiger partial charge in [0.15, 0.2) is 0 Å². The van der Waals surface area contributed by atoms with Crippen LogP contribution in [0.5, 0.6) is 5.75 Å². The van der Waals surface area contributed by atoms with Crippen LogP contribution in [0.15, 0.2) is 24.3 Å². The van der Waals surface area contributed by atoms with Crippen LogP contribution >= 0.6 is 0 Å². The summed E-state index contributed by atoms with van der Waals surface area (Å²) in [4.78, 5) is 28.2. The van der Waals surface area contributed by atoms with E-state index >= 15 is 0 Å². The average Bonchev–Trinajstić information content (AvgIpc) is 2.66. The lowest BCUT2D eigenvalue weighted by Gasteiger charge is -2.29. The van der Waals surface area contributed by atoms with Crippen LogP contribution in [0, 0.1) is 10.1 Å². The Morgan fingerprint density at radius 1 is 1.25 bits per heavy atom. The van der Waals surface area contributed by atoms with E-state index in [-0.39, 0.29) is 44.5 Å². The summed E-state index contributed by atoms with van der Waals surface area (Å²) in [6.45, 7) is 4.39. The molecule has 0 aliphatic carbocycles. The van der Waals surface area contributed by atoms with Gasteiger partial charge < -0.3 is 24.3 Å². The number of benzene rings is 1. The molecule has 0 saturated carbocycles. The molecule has 0 fully saturated rings. The first-order valence-corrected chi connectivity index (χ1v) is 9.29. The molecule has 0 aromatic heterocycles. The zero-order chi connectivity index (χ0) is 20.9. The average molecular weight is 398 g/mol. The largest absolute Gasteiger partial charge is 0.491 e. The van der Waals surface area contributed by atoms with Crippen molar-refractivity contribution in [1.29, 1.82) is 0 Å². The van der Waals surface area contributed by atoms with Crippen molar-refractivity contribution in [2.75, 3.05) is 33.5 Å². The minimum Gasteiger partial charge on any atom is -0.491 e. The third-order valence-corrected chi connectivity index (χ3v) is 4.04. The minimum absolute atomic E-state index is 0.0539. The zero-order valence-corrected chi connectivity index (χ0v) is 16.7. The summed E-state index contributed by atoms with van der Waals surface area (Å²) in [5, 5.41) is 19.5. The molecule has 9 nitrogen and oxygen atoms in total. The van der Waals surface area contributed by atoms with E-state index in [1.165, 1.54) is 4.90 Å². The monoisotopic (exact) mass is 398 g/mol. The van der Waals surface area contributed by atoms with Crippen molar-refractivity contribution >= 4 is 5.91 Å². The fourth-order valence-electron chi connectivity index (χ4n) is 2.55. The van der Waals surface area contributed by atoms with Gasteiger partial charge in [-0.1, -0.05) is 12.1 Å². The van der Waals surface area contributed by atoms with Gasteiger partial charge in [0, 0.05) is 19.6 Å². The molecular formula is C19H30N2O7. The molecule has 1 amide bonds. The molecule has 1 aromatic carbocycles. The molecular weight excluding hydrogens is 368 g/mol. The third kappa shape index (κ3) is 9.52. The van der Waals surface area contributed by atoms with Crippen LogP contribution in [0.25, 0.3) is 0 Å². The fourth-order valence-corrected chi connectivity index (χ4v) is 2.55. The van der Waals surface area contributed by atoms with E-state index in [9.17, 15) is 20.0 Å². The van der Waals surface area contributed by atoms with Crippen LogP contribution in [0.3, 0.4) is 0 Å². The molecule has 0 aliphatic heterocycles. The molecule has 0 bridgehead atoms. The molecule has 28 heavy (non-hydrogen) atoms. The van der Waals surface area contributed by atoms with Crippen molar-refractivity contribution in [1.82, 2.24) is 4.90 Å². The summed E-state index contributed by atoms with van der Waals surface area (Å²) in [5.74, 6) is 0.447. The lowest BCUT2D eigenvalue weighted by atomic mass is 10.1. The van der Waals surface area contributed by atoms with Crippen LogP contribution in [-0.2, 0) is 20.8 Å². The van der Waals surface area contributed by atoms with Gasteiger partial charge in [-0.15, -0.1) is 10.1 Å². The second-order valence-electron chi connectivity index (χ2n) is 6.65. The van der Waals surface area contributed by atoms with E-state index in [4.69, 9.17) is 9.47 Å². The van der Waals surface area contributed by atoms with Gasteiger partial charge in [-0.2, -0.15) is 0 Å². The number of methoxy groups -OCH3 is 1. The zero-order valence-electron chi connectivity index (χ0n) is 16.7. The summed E-state index contributed by atoms with van der Waals surface area (Å²) in [6.07, 6.45) is 0.320. The standard InChI is InChI=1S/C19H30N2O7/c1-15(2)20(19(23)5-4-11-28-21(24)25)13-17(22)14-27-18-8-6-16(7-9-18)10-12-26-3/h6-9,15,17,22H,4-5,10-14H2,1-3H3. The maximum absolute atomic E-state index is 12.3. The van der Waals surface area contributed by atoms with Crippen molar-refractivity contribution in [2.24, 2.45) is 0 Å². The lowest BCUT2D eigenvalue weighted by Crippen LogP contribution is -2.43. The Morgan fingerprint density at radius 3 is 2.50 bits per heavy atom. The van der Waals surface area contributed by atoms with Crippen LogP contribution in [0.1, 0.15) is 32.3 Å². The van der Waals surface area contributed by atoms with Crippen molar-refractivity contribution in [2.45, 2.75) is 45.3 Å². The Hall–Kier alpha value is -2.39. The second kappa shape index (κ2) is 12.9. The first-order chi connectivity index (χ1) is 13.3. The van der Waals surface area contributed by atoms with Crippen molar-refractivity contribution in [3.63, 3.8) is 0 Å². The predicted molar refractivity (Wildman–Crippen MR) is 103 cm³/mol. The Morgan fingerprint density at radius 2 is 1.93 bits per heavy atom. The minimum atomic E-state index is -0.879. The molecule has 0 aliphatic rings. The smallest absolute Gasteiger partial charge is 0.294 e. The topological polar surface area (TPSA) is 111 Å². The highest BCUT2D eigenvalue weighted by Gasteiger charge is 2.20. The second-order valence-corrected chi connectivity index (χ2v) is 6.65. The third-order valence-electron chi connectivity index (χ3n) is 4.04. The van der Waals surface area contributed by atoms with E-state index in [2.05, 4.69) is 4.84 Å². The highest BCUT2D eigenvalue weighted by Crippen LogP contribution is 2.14. The van der Waals surface area contributed by atoms with Gasteiger partial charge in [-0.3, -0.25) is 4.79 Å². The summed E-state index contributed by atoms with van der Waals surface area (Å²) in [5.41, 5.74) is 1.13. The maximum atomic E-state index is 12.3.